The lowest BCUT2D eigenvalue weighted by Crippen LogP contribution is -2.48. The van der Waals surface area contributed by atoms with E-state index in [9.17, 15) is 8.42 Å². The summed E-state index contributed by atoms with van der Waals surface area (Å²) in [5.41, 5.74) is 3.50. The molecule has 2 heterocycles. The van der Waals surface area contributed by atoms with E-state index >= 15 is 0 Å². The number of benzene rings is 2. The molecule has 1 aromatic heterocycles. The van der Waals surface area contributed by atoms with Crippen molar-refractivity contribution in [3.8, 4) is 10.6 Å². The molecule has 1 aliphatic heterocycles. The van der Waals surface area contributed by atoms with Crippen molar-refractivity contribution in [1.82, 2.24) is 9.71 Å². The number of ether oxygens (including phenoxy) is 1. The average molecular weight is 526 g/mol. The SMILES string of the molecule is Cc1nc(-c2ccccc2)sc1N1CC[C@H](NS(C)(=O)=O)[C@@H]1CO[C@H]1CC[C@@H](c2ccccc2)CC1. The zero-order valence-corrected chi connectivity index (χ0v) is 22.6. The Morgan fingerprint density at radius 3 is 2.33 bits per heavy atom. The van der Waals surface area contributed by atoms with E-state index in [1.807, 2.05) is 25.1 Å². The molecule has 3 aromatic rings. The maximum Gasteiger partial charge on any atom is 0.209 e. The topological polar surface area (TPSA) is 71.5 Å². The fourth-order valence-electron chi connectivity index (χ4n) is 5.61. The molecule has 2 atom stereocenters. The maximum absolute atomic E-state index is 12.1. The van der Waals surface area contributed by atoms with Gasteiger partial charge in [-0.05, 0) is 50.5 Å². The van der Waals surface area contributed by atoms with Crippen LogP contribution in [0, 0.1) is 6.92 Å². The number of hydrogen-bond donors (Lipinski definition) is 1. The number of rotatable bonds is 8. The van der Waals surface area contributed by atoms with Gasteiger partial charge in [-0.15, -0.1) is 0 Å². The number of hydrogen-bond acceptors (Lipinski definition) is 6. The first kappa shape index (κ1) is 25.4. The highest BCUT2D eigenvalue weighted by molar-refractivity contribution is 7.88. The van der Waals surface area contributed by atoms with Gasteiger partial charge in [0.15, 0.2) is 0 Å². The molecule has 5 rings (SSSR count). The Balaban J connectivity index is 1.28. The third-order valence-corrected chi connectivity index (χ3v) is 9.39. The predicted octanol–water partition coefficient (Wildman–Crippen LogP) is 5.36. The van der Waals surface area contributed by atoms with Gasteiger partial charge in [0.25, 0.3) is 0 Å². The van der Waals surface area contributed by atoms with Crippen LogP contribution in [0.4, 0.5) is 5.00 Å². The molecule has 1 N–H and O–H groups in total. The van der Waals surface area contributed by atoms with Crippen LogP contribution in [0.5, 0.6) is 0 Å². The van der Waals surface area contributed by atoms with E-state index in [4.69, 9.17) is 9.72 Å². The van der Waals surface area contributed by atoms with Gasteiger partial charge in [0.2, 0.25) is 10.0 Å². The van der Waals surface area contributed by atoms with Crippen LogP contribution in [0.15, 0.2) is 60.7 Å². The highest BCUT2D eigenvalue weighted by Crippen LogP contribution is 2.39. The van der Waals surface area contributed by atoms with Gasteiger partial charge in [-0.25, -0.2) is 18.1 Å². The molecule has 8 heteroatoms. The van der Waals surface area contributed by atoms with E-state index < -0.39 is 10.0 Å². The first-order valence-electron chi connectivity index (χ1n) is 12.8. The highest BCUT2D eigenvalue weighted by Gasteiger charge is 2.38. The Kier molecular flexibility index (Phi) is 7.76. The van der Waals surface area contributed by atoms with E-state index in [0.717, 1.165) is 59.9 Å². The molecular formula is C28H35N3O3S2. The summed E-state index contributed by atoms with van der Waals surface area (Å²) in [6.45, 7) is 3.32. The van der Waals surface area contributed by atoms with Gasteiger partial charge in [0.05, 0.1) is 30.7 Å². The molecule has 2 aromatic carbocycles. The van der Waals surface area contributed by atoms with Gasteiger partial charge in [0.1, 0.15) is 10.0 Å². The first-order chi connectivity index (χ1) is 17.4. The Morgan fingerprint density at radius 1 is 1.00 bits per heavy atom. The zero-order valence-electron chi connectivity index (χ0n) is 21.0. The molecule has 0 spiro atoms. The summed E-state index contributed by atoms with van der Waals surface area (Å²) < 4.78 is 33.6. The van der Waals surface area contributed by atoms with Crippen molar-refractivity contribution in [3.63, 3.8) is 0 Å². The van der Waals surface area contributed by atoms with Crippen molar-refractivity contribution in [2.45, 2.75) is 63.1 Å². The lowest BCUT2D eigenvalue weighted by molar-refractivity contribution is 0.0157. The van der Waals surface area contributed by atoms with E-state index in [1.165, 1.54) is 11.8 Å². The van der Waals surface area contributed by atoms with Gasteiger partial charge >= 0.3 is 0 Å². The van der Waals surface area contributed by atoms with Gasteiger partial charge in [-0.1, -0.05) is 72.0 Å². The van der Waals surface area contributed by atoms with Gasteiger partial charge < -0.3 is 9.64 Å². The van der Waals surface area contributed by atoms with Crippen LogP contribution >= 0.6 is 11.3 Å². The smallest absolute Gasteiger partial charge is 0.209 e. The summed E-state index contributed by atoms with van der Waals surface area (Å²) in [4.78, 5) is 7.16. The van der Waals surface area contributed by atoms with Crippen LogP contribution in [0.3, 0.4) is 0 Å². The number of nitrogens with one attached hydrogen (secondary N) is 1. The number of nitrogens with zero attached hydrogens (tertiary/aromatic N) is 2. The predicted molar refractivity (Wildman–Crippen MR) is 147 cm³/mol. The summed E-state index contributed by atoms with van der Waals surface area (Å²) in [6, 6.07) is 20.7. The monoisotopic (exact) mass is 525 g/mol. The summed E-state index contributed by atoms with van der Waals surface area (Å²) in [7, 11) is -3.32. The molecule has 1 saturated carbocycles. The van der Waals surface area contributed by atoms with Crippen LogP contribution in [0.25, 0.3) is 10.6 Å². The van der Waals surface area contributed by atoms with Crippen molar-refractivity contribution in [3.05, 3.63) is 71.9 Å². The number of anilines is 1. The van der Waals surface area contributed by atoms with Gasteiger partial charge in [-0.3, -0.25) is 0 Å². The molecule has 1 aliphatic carbocycles. The standard InChI is InChI=1S/C28H35N3O3S2/c1-20-28(35-27(29-20)23-11-7-4-8-12-23)31-18-17-25(30-36(2,32)33)26(31)19-34-24-15-13-22(14-16-24)21-9-5-3-6-10-21/h3-12,22,24-26,30H,13-19H2,1-2H3/t22-,24+,25-,26-/m0/s1. The van der Waals surface area contributed by atoms with Crippen molar-refractivity contribution in [2.24, 2.45) is 0 Å². The Labute approximate surface area is 218 Å². The maximum atomic E-state index is 12.1. The van der Waals surface area contributed by atoms with Crippen molar-refractivity contribution >= 4 is 26.4 Å². The fraction of sp³-hybridized carbons (Fsp3) is 0.464. The Bertz CT molecular complexity index is 1240. The van der Waals surface area contributed by atoms with Crippen LogP contribution in [0.2, 0.25) is 0 Å². The number of thiazole rings is 1. The highest BCUT2D eigenvalue weighted by atomic mass is 32.2. The molecule has 0 unspecified atom stereocenters. The summed E-state index contributed by atoms with van der Waals surface area (Å²) >= 11 is 1.68. The molecule has 2 aliphatic rings. The Hall–Kier alpha value is -2.26. The normalized spacial score (nSPS) is 24.8. The molecule has 0 radical (unpaired) electrons. The van der Waals surface area contributed by atoms with Crippen molar-refractivity contribution in [1.29, 1.82) is 0 Å². The average Bonchev–Trinajstić information content (AvgIpc) is 3.45. The number of aryl methyl sites for hydroxylation is 1. The Morgan fingerprint density at radius 2 is 1.67 bits per heavy atom. The molecule has 2 fully saturated rings. The van der Waals surface area contributed by atoms with E-state index in [-0.39, 0.29) is 18.2 Å². The van der Waals surface area contributed by atoms with Crippen LogP contribution in [-0.4, -0.2) is 51.0 Å². The lowest BCUT2D eigenvalue weighted by Gasteiger charge is -2.33. The van der Waals surface area contributed by atoms with E-state index in [1.54, 1.807) is 11.3 Å². The zero-order chi connectivity index (χ0) is 25.1. The van der Waals surface area contributed by atoms with Crippen molar-refractivity contribution < 1.29 is 13.2 Å². The minimum Gasteiger partial charge on any atom is -0.376 e. The first-order valence-corrected chi connectivity index (χ1v) is 15.5. The third kappa shape index (κ3) is 5.99. The molecule has 1 saturated heterocycles. The van der Waals surface area contributed by atoms with Gasteiger partial charge in [-0.2, -0.15) is 0 Å². The molecule has 36 heavy (non-hydrogen) atoms. The minimum absolute atomic E-state index is 0.0608. The summed E-state index contributed by atoms with van der Waals surface area (Å²) in [5, 5.41) is 2.09. The molecule has 6 nitrogen and oxygen atoms in total. The second-order valence-electron chi connectivity index (χ2n) is 10.0. The largest absolute Gasteiger partial charge is 0.376 e. The molecule has 0 bridgehead atoms. The number of sulfonamides is 1. The number of aromatic nitrogens is 1. The lowest BCUT2D eigenvalue weighted by atomic mass is 9.83. The molecule has 192 valence electrons. The van der Waals surface area contributed by atoms with Crippen LogP contribution in [0.1, 0.15) is 49.3 Å². The summed E-state index contributed by atoms with van der Waals surface area (Å²) in [6.07, 6.45) is 6.53. The van der Waals surface area contributed by atoms with E-state index in [0.29, 0.717) is 12.5 Å². The minimum atomic E-state index is -3.32. The summed E-state index contributed by atoms with van der Waals surface area (Å²) in [5.74, 6) is 0.602. The second-order valence-corrected chi connectivity index (χ2v) is 12.8. The fourth-order valence-corrected chi connectivity index (χ4v) is 7.59. The van der Waals surface area contributed by atoms with Gasteiger partial charge in [0, 0.05) is 18.2 Å². The van der Waals surface area contributed by atoms with Crippen LogP contribution < -0.4 is 9.62 Å². The van der Waals surface area contributed by atoms with Crippen molar-refractivity contribution in [2.75, 3.05) is 24.3 Å². The second kappa shape index (κ2) is 11.0. The third-order valence-electron chi connectivity index (χ3n) is 7.41. The quantitative estimate of drug-likeness (QED) is 0.429. The van der Waals surface area contributed by atoms with E-state index in [2.05, 4.69) is 52.1 Å². The molecule has 0 amide bonds. The molecular weight excluding hydrogens is 490 g/mol. The van der Waals surface area contributed by atoms with Crippen LogP contribution in [-0.2, 0) is 14.8 Å².